The number of benzene rings is 1. The lowest BCUT2D eigenvalue weighted by Gasteiger charge is -2.38. The average Bonchev–Trinajstić information content (AvgIpc) is 2.92. The number of fused-ring (bicyclic) bond motifs is 1. The number of nitrogens with one attached hydrogen (secondary N) is 1. The second-order valence-corrected chi connectivity index (χ2v) is 8.31. The van der Waals surface area contributed by atoms with Crippen molar-refractivity contribution in [1.82, 2.24) is 15.3 Å². The molecule has 1 aliphatic heterocycles. The molecule has 36 heavy (non-hydrogen) atoms. The van der Waals surface area contributed by atoms with Crippen LogP contribution in [0.1, 0.15) is 18.5 Å². The summed E-state index contributed by atoms with van der Waals surface area (Å²) in [5.74, 6) is 0.344. The van der Waals surface area contributed by atoms with Gasteiger partial charge in [-0.3, -0.25) is 24.5 Å². The molecule has 1 aliphatic carbocycles. The number of hydrogen-bond acceptors (Lipinski definition) is 6. The van der Waals surface area contributed by atoms with Gasteiger partial charge in [-0.25, -0.2) is 0 Å². The Morgan fingerprint density at radius 3 is 2.75 bits per heavy atom. The molecule has 2 amide bonds. The number of nitrogens with zero attached hydrogens (tertiary/aromatic N) is 4. The quantitative estimate of drug-likeness (QED) is 0.506. The summed E-state index contributed by atoms with van der Waals surface area (Å²) in [7, 11) is 0. The van der Waals surface area contributed by atoms with Crippen molar-refractivity contribution in [3.63, 3.8) is 0 Å². The molecule has 0 radical (unpaired) electrons. The van der Waals surface area contributed by atoms with E-state index in [4.69, 9.17) is 4.74 Å². The molecule has 8 nitrogen and oxygen atoms in total. The molecular weight excluding hydrogens is 454 g/mol. The van der Waals surface area contributed by atoms with Crippen LogP contribution < -0.4 is 19.9 Å². The number of pyridine rings is 2. The van der Waals surface area contributed by atoms with E-state index >= 15 is 0 Å². The number of hydrogen-bond donors (Lipinski definition) is 1. The van der Waals surface area contributed by atoms with Gasteiger partial charge in [0, 0.05) is 29.5 Å². The third-order valence-electron chi connectivity index (χ3n) is 5.95. The maximum Gasteiger partial charge on any atom is 0.251 e. The summed E-state index contributed by atoms with van der Waals surface area (Å²) in [4.78, 5) is 37.4. The average molecular weight is 480 g/mol. The van der Waals surface area contributed by atoms with Crippen molar-refractivity contribution in [2.75, 3.05) is 16.3 Å². The van der Waals surface area contributed by atoms with Gasteiger partial charge in [0.05, 0.1) is 23.3 Å². The van der Waals surface area contributed by atoms with Gasteiger partial charge in [-0.1, -0.05) is 18.7 Å². The van der Waals surface area contributed by atoms with Crippen molar-refractivity contribution >= 4 is 28.9 Å². The van der Waals surface area contributed by atoms with Gasteiger partial charge in [-0.05, 0) is 67.5 Å². The highest BCUT2D eigenvalue weighted by atomic mass is 16.5. The summed E-state index contributed by atoms with van der Waals surface area (Å²) in [6.45, 7) is 4.04. The van der Waals surface area contributed by atoms with Crippen molar-refractivity contribution in [2.24, 2.45) is 0 Å². The van der Waals surface area contributed by atoms with Crippen LogP contribution in [-0.4, -0.2) is 28.3 Å². The Morgan fingerprint density at radius 2 is 1.97 bits per heavy atom. The summed E-state index contributed by atoms with van der Waals surface area (Å²) < 4.78 is 5.84. The van der Waals surface area contributed by atoms with E-state index in [1.54, 1.807) is 23.5 Å². The van der Waals surface area contributed by atoms with E-state index in [9.17, 15) is 9.59 Å². The van der Waals surface area contributed by atoms with Crippen molar-refractivity contribution in [1.29, 1.82) is 0 Å². The Morgan fingerprint density at radius 1 is 1.11 bits per heavy atom. The van der Waals surface area contributed by atoms with E-state index in [1.807, 2.05) is 65.6 Å². The number of ether oxygens (including phenoxy) is 1. The largest absolute Gasteiger partial charge is 0.487 e. The number of aromatic nitrogens is 2. The van der Waals surface area contributed by atoms with Crippen molar-refractivity contribution in [3.05, 3.63) is 109 Å². The number of amides is 2. The molecule has 1 N–H and O–H groups in total. The van der Waals surface area contributed by atoms with Crippen LogP contribution in [0.4, 0.5) is 17.1 Å². The Bertz CT molecular complexity index is 1350. The van der Waals surface area contributed by atoms with Crippen LogP contribution in [0.2, 0.25) is 0 Å². The standard InChI is InChI=1S/C28H25N5O3/c1-2-27(34)31-20-7-5-8-23(16-20)32-18-28(35)33(26-17-29-15-13-25(26)32)22-9-11-24(12-10-22)36-19-21-6-3-4-14-30-21/h2-4,6-7,9-17H,1,5,8,18-19H2,(H,31,34). The van der Waals surface area contributed by atoms with Gasteiger partial charge in [0.15, 0.2) is 0 Å². The van der Waals surface area contributed by atoms with Gasteiger partial charge in [0.25, 0.3) is 5.91 Å². The molecule has 0 fully saturated rings. The minimum atomic E-state index is -0.267. The van der Waals surface area contributed by atoms with E-state index in [2.05, 4.69) is 21.9 Å². The van der Waals surface area contributed by atoms with Crippen LogP contribution in [0, 0.1) is 0 Å². The highest BCUT2D eigenvalue weighted by Gasteiger charge is 2.32. The van der Waals surface area contributed by atoms with Gasteiger partial charge in [0.2, 0.25) is 5.91 Å². The van der Waals surface area contributed by atoms with Crippen molar-refractivity contribution in [3.8, 4) is 5.75 Å². The Kier molecular flexibility index (Phi) is 6.57. The van der Waals surface area contributed by atoms with Crippen LogP contribution in [0.5, 0.6) is 5.75 Å². The molecule has 0 saturated carbocycles. The van der Waals surface area contributed by atoms with Crippen LogP contribution in [-0.2, 0) is 16.2 Å². The molecular formula is C28H25N5O3. The van der Waals surface area contributed by atoms with E-state index < -0.39 is 0 Å². The number of carbonyl (C=O) groups is 2. The lowest BCUT2D eigenvalue weighted by molar-refractivity contribution is -0.117. The summed E-state index contributed by atoms with van der Waals surface area (Å²) in [6, 6.07) is 15.0. The molecule has 8 heteroatoms. The Balaban J connectivity index is 1.38. The fraction of sp³-hybridized carbons (Fsp3) is 0.143. The van der Waals surface area contributed by atoms with Crippen molar-refractivity contribution < 1.29 is 14.3 Å². The first-order valence-corrected chi connectivity index (χ1v) is 11.6. The number of rotatable bonds is 7. The van der Waals surface area contributed by atoms with Gasteiger partial charge in [0.1, 0.15) is 18.9 Å². The summed E-state index contributed by atoms with van der Waals surface area (Å²) in [5.41, 5.74) is 4.80. The van der Waals surface area contributed by atoms with E-state index in [-0.39, 0.29) is 18.4 Å². The highest BCUT2D eigenvalue weighted by Crippen LogP contribution is 2.40. The predicted octanol–water partition coefficient (Wildman–Crippen LogP) is 4.40. The highest BCUT2D eigenvalue weighted by molar-refractivity contribution is 6.09. The molecule has 5 rings (SSSR count). The second kappa shape index (κ2) is 10.3. The fourth-order valence-corrected chi connectivity index (χ4v) is 4.26. The third-order valence-corrected chi connectivity index (χ3v) is 5.95. The number of allylic oxidation sites excluding steroid dienone is 3. The Labute approximate surface area is 209 Å². The maximum atomic E-state index is 13.4. The molecule has 2 aliphatic rings. The first kappa shape index (κ1) is 23.0. The molecule has 3 aromatic rings. The summed E-state index contributed by atoms with van der Waals surface area (Å²) >= 11 is 0. The first-order valence-electron chi connectivity index (χ1n) is 11.6. The molecule has 0 saturated heterocycles. The van der Waals surface area contributed by atoms with Crippen LogP contribution >= 0.6 is 0 Å². The molecule has 0 bridgehead atoms. The van der Waals surface area contributed by atoms with Gasteiger partial charge >= 0.3 is 0 Å². The third kappa shape index (κ3) is 4.88. The molecule has 3 heterocycles. The lowest BCUT2D eigenvalue weighted by atomic mass is 10.0. The van der Waals surface area contributed by atoms with Crippen LogP contribution in [0.25, 0.3) is 0 Å². The zero-order valence-corrected chi connectivity index (χ0v) is 19.6. The molecule has 1 aromatic carbocycles. The first-order chi connectivity index (χ1) is 17.6. The number of carbonyl (C=O) groups excluding carboxylic acids is 2. The molecule has 180 valence electrons. The zero-order valence-electron chi connectivity index (χ0n) is 19.6. The van der Waals surface area contributed by atoms with E-state index in [1.165, 1.54) is 6.08 Å². The zero-order chi connectivity index (χ0) is 24.9. The van der Waals surface area contributed by atoms with E-state index in [0.29, 0.717) is 23.7 Å². The Hall–Kier alpha value is -4.72. The smallest absolute Gasteiger partial charge is 0.251 e. The SMILES string of the molecule is C=CC(=O)NC1=CCCC(N2CC(=O)N(c3ccc(OCc4ccccn4)cc3)c3cnccc32)=C1. The molecule has 0 spiro atoms. The summed E-state index contributed by atoms with van der Waals surface area (Å²) in [6.07, 6.45) is 11.8. The van der Waals surface area contributed by atoms with E-state index in [0.717, 1.165) is 35.6 Å². The van der Waals surface area contributed by atoms with Gasteiger partial charge in [-0.15, -0.1) is 0 Å². The van der Waals surface area contributed by atoms with Gasteiger partial charge < -0.3 is 15.0 Å². The van der Waals surface area contributed by atoms with Crippen molar-refractivity contribution in [2.45, 2.75) is 19.4 Å². The molecule has 2 aromatic heterocycles. The monoisotopic (exact) mass is 479 g/mol. The van der Waals surface area contributed by atoms with Crippen LogP contribution in [0.3, 0.4) is 0 Å². The maximum absolute atomic E-state index is 13.4. The normalized spacial score (nSPS) is 14.9. The topological polar surface area (TPSA) is 87.7 Å². The molecule has 0 atom stereocenters. The predicted molar refractivity (Wildman–Crippen MR) is 137 cm³/mol. The minimum Gasteiger partial charge on any atom is -0.487 e. The van der Waals surface area contributed by atoms with Crippen LogP contribution in [0.15, 0.2) is 103 Å². The lowest BCUT2D eigenvalue weighted by Crippen LogP contribution is -2.43. The number of anilines is 3. The summed E-state index contributed by atoms with van der Waals surface area (Å²) in [5, 5.41) is 2.81. The molecule has 0 unspecified atom stereocenters. The minimum absolute atomic E-state index is 0.0789. The van der Waals surface area contributed by atoms with Gasteiger partial charge in [-0.2, -0.15) is 0 Å². The fourth-order valence-electron chi connectivity index (χ4n) is 4.26. The second-order valence-electron chi connectivity index (χ2n) is 8.31.